The quantitative estimate of drug-likeness (QED) is 0.451. The molecule has 3 aliphatic rings. The van der Waals surface area contributed by atoms with Crippen molar-refractivity contribution in [1.29, 1.82) is 0 Å². The van der Waals surface area contributed by atoms with Crippen molar-refractivity contribution < 1.29 is 9.59 Å². The van der Waals surface area contributed by atoms with E-state index in [1.165, 1.54) is 4.90 Å². The number of fused-ring (bicyclic) bond motifs is 1. The normalized spacial score (nSPS) is 27.5. The first kappa shape index (κ1) is 25.5. The van der Waals surface area contributed by atoms with Crippen LogP contribution >= 0.6 is 0 Å². The lowest BCUT2D eigenvalue weighted by atomic mass is 9.87. The average molecular weight is 526 g/mol. The summed E-state index contributed by atoms with van der Waals surface area (Å²) in [6.07, 6.45) is 4.73. The molecular formula is C30H35N7O2. The van der Waals surface area contributed by atoms with E-state index in [1.807, 2.05) is 53.4 Å². The largest absolute Gasteiger partial charge is 0.368 e. The highest BCUT2D eigenvalue weighted by atomic mass is 16.2. The van der Waals surface area contributed by atoms with Gasteiger partial charge in [0.05, 0.1) is 11.7 Å². The topological polar surface area (TPSA) is 107 Å². The van der Waals surface area contributed by atoms with Gasteiger partial charge in [0.2, 0.25) is 5.91 Å². The van der Waals surface area contributed by atoms with Crippen LogP contribution in [0.25, 0.3) is 11.3 Å². The molecule has 0 bridgehead atoms. The molecule has 1 aliphatic carbocycles. The van der Waals surface area contributed by atoms with E-state index < -0.39 is 12.1 Å². The molecule has 39 heavy (non-hydrogen) atoms. The third kappa shape index (κ3) is 4.89. The molecule has 6 rings (SSSR count). The molecule has 3 fully saturated rings. The number of aromatic nitrogens is 1. The van der Waals surface area contributed by atoms with Crippen LogP contribution in [-0.4, -0.2) is 63.2 Å². The number of hydrazine groups is 1. The van der Waals surface area contributed by atoms with Crippen molar-refractivity contribution in [3.63, 3.8) is 0 Å². The van der Waals surface area contributed by atoms with E-state index in [1.54, 1.807) is 13.2 Å². The zero-order valence-corrected chi connectivity index (χ0v) is 22.1. The number of urea groups is 1. The summed E-state index contributed by atoms with van der Waals surface area (Å²) in [5.41, 5.74) is 14.1. The third-order valence-corrected chi connectivity index (χ3v) is 8.23. The van der Waals surface area contributed by atoms with Gasteiger partial charge >= 0.3 is 6.03 Å². The molecule has 3 heterocycles. The number of carbonyl (C=O) groups excluding carboxylic acids is 2. The number of imide groups is 1. The number of hydrogen-bond acceptors (Lipinski definition) is 7. The van der Waals surface area contributed by atoms with Gasteiger partial charge in [0.25, 0.3) is 0 Å². The van der Waals surface area contributed by atoms with Crippen molar-refractivity contribution >= 4 is 17.6 Å². The van der Waals surface area contributed by atoms with Crippen LogP contribution in [0.1, 0.15) is 31.2 Å². The van der Waals surface area contributed by atoms with Crippen molar-refractivity contribution in [2.75, 3.05) is 12.4 Å². The molecule has 0 spiro atoms. The number of pyridine rings is 1. The van der Waals surface area contributed by atoms with Crippen LogP contribution in [0.4, 0.5) is 10.5 Å². The van der Waals surface area contributed by atoms with E-state index in [-0.39, 0.29) is 30.2 Å². The molecular weight excluding hydrogens is 490 g/mol. The van der Waals surface area contributed by atoms with Crippen molar-refractivity contribution in [2.24, 2.45) is 11.7 Å². The molecule has 2 aromatic carbocycles. The summed E-state index contributed by atoms with van der Waals surface area (Å²) in [4.78, 5) is 34.7. The Morgan fingerprint density at radius 1 is 0.974 bits per heavy atom. The second-order valence-electron chi connectivity index (χ2n) is 10.7. The first-order valence-electron chi connectivity index (χ1n) is 13.7. The number of anilines is 1. The molecule has 5 unspecified atom stereocenters. The molecule has 2 saturated heterocycles. The van der Waals surface area contributed by atoms with Crippen LogP contribution in [0.3, 0.4) is 0 Å². The molecule has 2 aliphatic heterocycles. The number of carbonyl (C=O) groups is 2. The highest BCUT2D eigenvalue weighted by molar-refractivity contribution is 5.99. The number of rotatable bonds is 6. The number of nitrogens with one attached hydrogen (secondary N) is 2. The maximum atomic E-state index is 13.7. The predicted octanol–water partition coefficient (Wildman–Crippen LogP) is 3.61. The summed E-state index contributed by atoms with van der Waals surface area (Å²) >= 11 is 0. The number of benzene rings is 2. The van der Waals surface area contributed by atoms with E-state index in [9.17, 15) is 9.59 Å². The summed E-state index contributed by atoms with van der Waals surface area (Å²) < 4.78 is 0. The molecule has 9 nitrogen and oxygen atoms in total. The SMILES string of the molecule is CN1C(=O)C2C(Nc3ccccc3)N(Cc3ccc(-c4ccccn4)cc3)NC2N(C2CCCCC2N)C1=O. The molecule has 202 valence electrons. The lowest BCUT2D eigenvalue weighted by Gasteiger charge is -2.47. The van der Waals surface area contributed by atoms with Crippen molar-refractivity contribution in [1.82, 2.24) is 25.2 Å². The van der Waals surface area contributed by atoms with Crippen LogP contribution < -0.4 is 16.5 Å². The summed E-state index contributed by atoms with van der Waals surface area (Å²) in [5, 5.41) is 5.64. The van der Waals surface area contributed by atoms with Gasteiger partial charge in [-0.25, -0.2) is 15.2 Å². The molecule has 0 radical (unpaired) electrons. The average Bonchev–Trinajstić information content (AvgIpc) is 3.31. The van der Waals surface area contributed by atoms with Crippen molar-refractivity contribution in [3.8, 4) is 11.3 Å². The molecule has 1 saturated carbocycles. The van der Waals surface area contributed by atoms with Gasteiger partial charge in [-0.2, -0.15) is 0 Å². The maximum absolute atomic E-state index is 13.7. The fourth-order valence-electron chi connectivity index (χ4n) is 6.17. The number of nitrogens with zero attached hydrogens (tertiary/aromatic N) is 4. The highest BCUT2D eigenvalue weighted by Crippen LogP contribution is 2.36. The Morgan fingerprint density at radius 2 is 1.72 bits per heavy atom. The first-order valence-corrected chi connectivity index (χ1v) is 13.7. The lowest BCUT2D eigenvalue weighted by Crippen LogP contribution is -2.68. The lowest BCUT2D eigenvalue weighted by molar-refractivity contribution is -0.138. The van der Waals surface area contributed by atoms with Crippen molar-refractivity contribution in [2.45, 2.75) is 56.6 Å². The molecule has 3 aromatic rings. The third-order valence-electron chi connectivity index (χ3n) is 8.23. The minimum Gasteiger partial charge on any atom is -0.368 e. The van der Waals surface area contributed by atoms with E-state index >= 15 is 0 Å². The van der Waals surface area contributed by atoms with E-state index in [0.29, 0.717) is 6.54 Å². The van der Waals surface area contributed by atoms with Gasteiger partial charge in [-0.3, -0.25) is 14.7 Å². The summed E-state index contributed by atoms with van der Waals surface area (Å²) in [7, 11) is 1.58. The number of hydrogen-bond donors (Lipinski definition) is 3. The van der Waals surface area contributed by atoms with E-state index in [2.05, 4.69) is 45.0 Å². The number of amides is 3. The van der Waals surface area contributed by atoms with Gasteiger partial charge < -0.3 is 16.0 Å². The van der Waals surface area contributed by atoms with Crippen LogP contribution in [0, 0.1) is 5.92 Å². The predicted molar refractivity (Wildman–Crippen MR) is 150 cm³/mol. The Balaban J connectivity index is 1.32. The van der Waals surface area contributed by atoms with Crippen LogP contribution in [0.5, 0.6) is 0 Å². The second kappa shape index (κ2) is 10.8. The van der Waals surface area contributed by atoms with Crippen LogP contribution in [0.2, 0.25) is 0 Å². The Labute approximate surface area is 229 Å². The maximum Gasteiger partial charge on any atom is 0.328 e. The monoisotopic (exact) mass is 525 g/mol. The Hall–Kier alpha value is -3.79. The summed E-state index contributed by atoms with van der Waals surface area (Å²) in [6, 6.07) is 23.5. The van der Waals surface area contributed by atoms with Gasteiger partial charge in [0.15, 0.2) is 0 Å². The van der Waals surface area contributed by atoms with Crippen LogP contribution in [-0.2, 0) is 11.3 Å². The number of para-hydroxylation sites is 1. The Bertz CT molecular complexity index is 1300. The minimum atomic E-state index is -0.505. The Kier molecular flexibility index (Phi) is 7.03. The smallest absolute Gasteiger partial charge is 0.328 e. The number of nitrogens with two attached hydrogens (primary N) is 1. The molecule has 5 atom stereocenters. The Morgan fingerprint density at radius 3 is 2.44 bits per heavy atom. The van der Waals surface area contributed by atoms with E-state index in [0.717, 1.165) is 48.2 Å². The van der Waals surface area contributed by atoms with Crippen LogP contribution in [0.15, 0.2) is 79.0 Å². The fourth-order valence-corrected chi connectivity index (χ4v) is 6.17. The molecule has 4 N–H and O–H groups in total. The summed E-state index contributed by atoms with van der Waals surface area (Å²) in [6.45, 7) is 0.537. The van der Waals surface area contributed by atoms with Gasteiger partial charge in [0, 0.05) is 37.1 Å². The summed E-state index contributed by atoms with van der Waals surface area (Å²) in [5.74, 6) is -0.700. The molecule has 1 aromatic heterocycles. The van der Waals surface area contributed by atoms with Gasteiger partial charge in [-0.05, 0) is 42.7 Å². The minimum absolute atomic E-state index is 0.111. The van der Waals surface area contributed by atoms with Gasteiger partial charge in [-0.1, -0.05) is 61.4 Å². The standard InChI is InChI=1S/C30H35N7O2/c1-35-29(38)26-27(33-22-9-3-2-4-10-22)36(19-20-14-16-21(17-15-20)24-12-7-8-18-32-24)34-28(26)37(30(35)39)25-13-6-5-11-23(25)31/h2-4,7-10,12,14-18,23,25-28,33-34H,5-6,11,13,19,31H2,1H3. The van der Waals surface area contributed by atoms with Gasteiger partial charge in [-0.15, -0.1) is 0 Å². The fraction of sp³-hybridized carbons (Fsp3) is 0.367. The zero-order chi connectivity index (χ0) is 26.9. The van der Waals surface area contributed by atoms with Gasteiger partial charge in [0.1, 0.15) is 18.2 Å². The van der Waals surface area contributed by atoms with E-state index in [4.69, 9.17) is 5.73 Å². The second-order valence-corrected chi connectivity index (χ2v) is 10.7. The zero-order valence-electron chi connectivity index (χ0n) is 22.1. The molecule has 9 heteroatoms. The highest BCUT2D eigenvalue weighted by Gasteiger charge is 2.57. The molecule has 3 amide bonds. The van der Waals surface area contributed by atoms with Crippen molar-refractivity contribution in [3.05, 3.63) is 84.6 Å². The first-order chi connectivity index (χ1) is 19.0.